The summed E-state index contributed by atoms with van der Waals surface area (Å²) < 4.78 is 1.92. The third-order valence-corrected chi connectivity index (χ3v) is 2.78. The van der Waals surface area contributed by atoms with E-state index < -0.39 is 0 Å². The number of nitrogens with zero attached hydrogens (tertiary/aromatic N) is 2. The van der Waals surface area contributed by atoms with Gasteiger partial charge in [0, 0.05) is 18.3 Å². The van der Waals surface area contributed by atoms with Gasteiger partial charge in [-0.3, -0.25) is 0 Å². The molecule has 0 unspecified atom stereocenters. The highest BCUT2D eigenvalue weighted by molar-refractivity contribution is 5.53. The maximum Gasteiger partial charge on any atom is 0.0706 e. The molecule has 2 heterocycles. The van der Waals surface area contributed by atoms with Crippen LogP contribution in [0.4, 0.5) is 0 Å². The SMILES string of the molecule is CCCCCNCc1cnn2ccccc12. The third kappa shape index (κ3) is 2.61. The normalized spacial score (nSPS) is 11.1. The standard InChI is InChI=1S/C13H19N3/c1-2-3-5-8-14-10-12-11-15-16-9-6-4-7-13(12)16/h4,6-7,9,11,14H,2-3,5,8,10H2,1H3. The van der Waals surface area contributed by atoms with E-state index in [0.717, 1.165) is 13.1 Å². The second-order valence-corrected chi connectivity index (χ2v) is 4.08. The fourth-order valence-electron chi connectivity index (χ4n) is 1.85. The molecule has 0 aliphatic rings. The van der Waals surface area contributed by atoms with Crippen LogP contribution in [0.5, 0.6) is 0 Å². The van der Waals surface area contributed by atoms with Gasteiger partial charge in [-0.2, -0.15) is 5.10 Å². The Morgan fingerprint density at radius 3 is 3.12 bits per heavy atom. The van der Waals surface area contributed by atoms with E-state index in [2.05, 4.69) is 29.5 Å². The zero-order chi connectivity index (χ0) is 11.2. The molecule has 0 saturated heterocycles. The molecule has 0 aliphatic carbocycles. The molecule has 0 saturated carbocycles. The van der Waals surface area contributed by atoms with E-state index >= 15 is 0 Å². The fraction of sp³-hybridized carbons (Fsp3) is 0.462. The van der Waals surface area contributed by atoms with Gasteiger partial charge in [-0.15, -0.1) is 0 Å². The molecular formula is C13H19N3. The van der Waals surface area contributed by atoms with Gasteiger partial charge in [0.2, 0.25) is 0 Å². The van der Waals surface area contributed by atoms with Crippen molar-refractivity contribution in [2.45, 2.75) is 32.7 Å². The van der Waals surface area contributed by atoms with Crippen LogP contribution in [-0.2, 0) is 6.54 Å². The van der Waals surface area contributed by atoms with Gasteiger partial charge < -0.3 is 5.32 Å². The Bertz CT molecular complexity index is 433. The van der Waals surface area contributed by atoms with Crippen LogP contribution in [0.3, 0.4) is 0 Å². The summed E-state index contributed by atoms with van der Waals surface area (Å²) >= 11 is 0. The average Bonchev–Trinajstić information content (AvgIpc) is 2.73. The number of rotatable bonds is 6. The lowest BCUT2D eigenvalue weighted by molar-refractivity contribution is 0.618. The summed E-state index contributed by atoms with van der Waals surface area (Å²) in [5.74, 6) is 0. The maximum atomic E-state index is 4.31. The summed E-state index contributed by atoms with van der Waals surface area (Å²) in [6.07, 6.45) is 7.77. The van der Waals surface area contributed by atoms with E-state index in [4.69, 9.17) is 0 Å². The molecule has 0 amide bonds. The van der Waals surface area contributed by atoms with Gasteiger partial charge in [-0.05, 0) is 25.1 Å². The highest BCUT2D eigenvalue weighted by Gasteiger charge is 2.01. The number of hydrogen-bond donors (Lipinski definition) is 1. The Morgan fingerprint density at radius 1 is 1.31 bits per heavy atom. The summed E-state index contributed by atoms with van der Waals surface area (Å²) in [4.78, 5) is 0. The van der Waals surface area contributed by atoms with E-state index in [1.807, 2.05) is 23.0 Å². The lowest BCUT2D eigenvalue weighted by Gasteiger charge is -2.02. The van der Waals surface area contributed by atoms with E-state index in [1.54, 1.807) is 0 Å². The molecule has 3 nitrogen and oxygen atoms in total. The minimum atomic E-state index is 0.914. The maximum absolute atomic E-state index is 4.31. The Balaban J connectivity index is 1.89. The molecule has 0 aromatic carbocycles. The second kappa shape index (κ2) is 5.66. The molecule has 86 valence electrons. The number of aromatic nitrogens is 2. The van der Waals surface area contributed by atoms with Crippen molar-refractivity contribution in [3.05, 3.63) is 36.2 Å². The van der Waals surface area contributed by atoms with Crippen molar-refractivity contribution in [2.24, 2.45) is 0 Å². The van der Waals surface area contributed by atoms with Crippen LogP contribution in [0.2, 0.25) is 0 Å². The summed E-state index contributed by atoms with van der Waals surface area (Å²) in [7, 11) is 0. The molecule has 0 aliphatic heterocycles. The Hall–Kier alpha value is -1.35. The highest BCUT2D eigenvalue weighted by Crippen LogP contribution is 2.09. The first-order chi connectivity index (χ1) is 7.92. The average molecular weight is 217 g/mol. The van der Waals surface area contributed by atoms with Crippen molar-refractivity contribution in [1.29, 1.82) is 0 Å². The van der Waals surface area contributed by atoms with Crippen LogP contribution in [0.25, 0.3) is 5.52 Å². The molecule has 0 atom stereocenters. The topological polar surface area (TPSA) is 29.3 Å². The summed E-state index contributed by atoms with van der Waals surface area (Å²) in [5, 5.41) is 7.77. The molecule has 2 aromatic rings. The van der Waals surface area contributed by atoms with Gasteiger partial charge in [0.05, 0.1) is 11.7 Å². The summed E-state index contributed by atoms with van der Waals surface area (Å²) in [6.45, 7) is 4.24. The minimum Gasteiger partial charge on any atom is -0.313 e. The van der Waals surface area contributed by atoms with Crippen molar-refractivity contribution in [3.63, 3.8) is 0 Å². The van der Waals surface area contributed by atoms with Crippen molar-refractivity contribution < 1.29 is 0 Å². The lowest BCUT2D eigenvalue weighted by Crippen LogP contribution is -2.14. The molecule has 1 N–H and O–H groups in total. The molecule has 0 bridgehead atoms. The van der Waals surface area contributed by atoms with Gasteiger partial charge >= 0.3 is 0 Å². The van der Waals surface area contributed by atoms with Gasteiger partial charge in [0.25, 0.3) is 0 Å². The first-order valence-corrected chi connectivity index (χ1v) is 6.04. The van der Waals surface area contributed by atoms with Crippen LogP contribution in [0, 0.1) is 0 Å². The van der Waals surface area contributed by atoms with Crippen LogP contribution < -0.4 is 5.32 Å². The molecule has 3 heteroatoms. The lowest BCUT2D eigenvalue weighted by atomic mass is 10.2. The first-order valence-electron chi connectivity index (χ1n) is 6.04. The Morgan fingerprint density at radius 2 is 2.25 bits per heavy atom. The molecule has 2 rings (SSSR count). The van der Waals surface area contributed by atoms with E-state index in [0.29, 0.717) is 0 Å². The van der Waals surface area contributed by atoms with E-state index in [9.17, 15) is 0 Å². The molecule has 0 radical (unpaired) electrons. The zero-order valence-corrected chi connectivity index (χ0v) is 9.82. The molecule has 0 fully saturated rings. The Labute approximate surface area is 96.5 Å². The molecular weight excluding hydrogens is 198 g/mol. The fourth-order valence-corrected chi connectivity index (χ4v) is 1.85. The van der Waals surface area contributed by atoms with Crippen LogP contribution >= 0.6 is 0 Å². The number of nitrogens with one attached hydrogen (secondary N) is 1. The van der Waals surface area contributed by atoms with Crippen molar-refractivity contribution in [3.8, 4) is 0 Å². The van der Waals surface area contributed by atoms with Crippen LogP contribution in [0.15, 0.2) is 30.6 Å². The second-order valence-electron chi connectivity index (χ2n) is 4.08. The van der Waals surface area contributed by atoms with Crippen molar-refractivity contribution in [1.82, 2.24) is 14.9 Å². The van der Waals surface area contributed by atoms with Gasteiger partial charge in [0.1, 0.15) is 0 Å². The number of hydrogen-bond acceptors (Lipinski definition) is 2. The summed E-state index contributed by atoms with van der Waals surface area (Å²) in [6, 6.07) is 6.16. The van der Waals surface area contributed by atoms with Gasteiger partial charge in [-0.25, -0.2) is 4.52 Å². The van der Waals surface area contributed by atoms with E-state index in [-0.39, 0.29) is 0 Å². The molecule has 0 spiro atoms. The van der Waals surface area contributed by atoms with Gasteiger partial charge in [-0.1, -0.05) is 25.8 Å². The summed E-state index contributed by atoms with van der Waals surface area (Å²) in [5.41, 5.74) is 2.47. The predicted molar refractivity (Wildman–Crippen MR) is 66.4 cm³/mol. The third-order valence-electron chi connectivity index (χ3n) is 2.78. The number of pyridine rings is 1. The zero-order valence-electron chi connectivity index (χ0n) is 9.82. The van der Waals surface area contributed by atoms with Gasteiger partial charge in [0.15, 0.2) is 0 Å². The smallest absolute Gasteiger partial charge is 0.0706 e. The Kier molecular flexibility index (Phi) is 3.94. The van der Waals surface area contributed by atoms with E-state index in [1.165, 1.54) is 30.3 Å². The minimum absolute atomic E-state index is 0.914. The van der Waals surface area contributed by atoms with Crippen LogP contribution in [0.1, 0.15) is 31.7 Å². The van der Waals surface area contributed by atoms with Crippen LogP contribution in [-0.4, -0.2) is 16.2 Å². The first kappa shape index (κ1) is 11.1. The molecule has 2 aromatic heterocycles. The largest absolute Gasteiger partial charge is 0.313 e. The predicted octanol–water partition coefficient (Wildman–Crippen LogP) is 2.61. The quantitative estimate of drug-likeness (QED) is 0.754. The highest BCUT2D eigenvalue weighted by atomic mass is 15.2. The van der Waals surface area contributed by atoms with Crippen molar-refractivity contribution >= 4 is 5.52 Å². The molecule has 16 heavy (non-hydrogen) atoms. The number of fused-ring (bicyclic) bond motifs is 1. The monoisotopic (exact) mass is 217 g/mol. The number of unbranched alkanes of at least 4 members (excludes halogenated alkanes) is 2. The van der Waals surface area contributed by atoms with Crippen molar-refractivity contribution in [2.75, 3.05) is 6.54 Å².